The number of Topliss-reactive ketones (excluding diaryl/α,β-unsaturated/α-hetero) is 2. The fourth-order valence-electron chi connectivity index (χ4n) is 7.54. The van der Waals surface area contributed by atoms with E-state index >= 15 is 0 Å². The van der Waals surface area contributed by atoms with Gasteiger partial charge in [0, 0.05) is 31.1 Å². The summed E-state index contributed by atoms with van der Waals surface area (Å²) in [4.78, 5) is 37.3. The van der Waals surface area contributed by atoms with Gasteiger partial charge in [-0.05, 0) is 86.7 Å². The predicted octanol–water partition coefficient (Wildman–Crippen LogP) is 4.40. The van der Waals surface area contributed by atoms with E-state index in [4.69, 9.17) is 5.73 Å². The number of fused-ring (bicyclic) bond motifs is 5. The maximum Gasteiger partial charge on any atom is 0.155 e. The molecule has 0 spiro atoms. The Morgan fingerprint density at radius 2 is 1.83 bits per heavy atom. The summed E-state index contributed by atoms with van der Waals surface area (Å²) < 4.78 is 0. The summed E-state index contributed by atoms with van der Waals surface area (Å²) in [6.07, 6.45) is 11.2. The number of rotatable bonds is 6. The standard InChI is InChI=1S/C25H37NO3/c1-24-11-9-19(28)15-17(24)14-16(5-6-18(27)4-3-13-26)23-20-7-8-22(29)25(20,2)12-10-21(23)24/h15-16,20-21,23H,3-14,26H2,1-2H3/t16?,20?,21?,23?,24-,25-/m0/s1. The van der Waals surface area contributed by atoms with Gasteiger partial charge >= 0.3 is 0 Å². The van der Waals surface area contributed by atoms with Crippen LogP contribution in [0.3, 0.4) is 0 Å². The quantitative estimate of drug-likeness (QED) is 0.718. The Kier molecular flexibility index (Phi) is 5.61. The highest BCUT2D eigenvalue weighted by atomic mass is 16.1. The third-order valence-electron chi connectivity index (χ3n) is 9.30. The SMILES string of the molecule is C[C@]12CCC(=O)C=C1CC(CCC(=O)CCCN)C1C2CC[C@]2(C)C(=O)CCC12. The van der Waals surface area contributed by atoms with Gasteiger partial charge in [0.2, 0.25) is 0 Å². The van der Waals surface area contributed by atoms with Crippen molar-refractivity contribution in [2.75, 3.05) is 6.54 Å². The average Bonchev–Trinajstić information content (AvgIpc) is 3.00. The van der Waals surface area contributed by atoms with E-state index in [-0.39, 0.29) is 16.6 Å². The van der Waals surface area contributed by atoms with Gasteiger partial charge in [0.05, 0.1) is 0 Å². The Balaban J connectivity index is 1.63. The van der Waals surface area contributed by atoms with E-state index in [1.807, 2.05) is 6.08 Å². The number of ketones is 3. The molecule has 0 aromatic rings. The molecule has 2 N–H and O–H groups in total. The molecule has 4 aliphatic rings. The highest BCUT2D eigenvalue weighted by Crippen LogP contribution is 2.66. The Bertz CT molecular complexity index is 740. The summed E-state index contributed by atoms with van der Waals surface area (Å²) in [5, 5.41) is 0. The molecule has 0 aromatic heterocycles. The lowest BCUT2D eigenvalue weighted by molar-refractivity contribution is -0.135. The van der Waals surface area contributed by atoms with Crippen LogP contribution in [-0.4, -0.2) is 23.9 Å². The van der Waals surface area contributed by atoms with E-state index in [1.54, 1.807) is 0 Å². The highest BCUT2D eigenvalue weighted by molar-refractivity contribution is 5.91. The molecule has 0 aromatic carbocycles. The van der Waals surface area contributed by atoms with Crippen LogP contribution < -0.4 is 5.73 Å². The van der Waals surface area contributed by atoms with Crippen LogP contribution in [0, 0.1) is 34.5 Å². The van der Waals surface area contributed by atoms with Gasteiger partial charge in [-0.3, -0.25) is 14.4 Å². The second-order valence-corrected chi connectivity index (χ2v) is 10.7. The minimum atomic E-state index is -0.162. The van der Waals surface area contributed by atoms with Crippen LogP contribution in [0.2, 0.25) is 0 Å². The van der Waals surface area contributed by atoms with Crippen molar-refractivity contribution in [3.63, 3.8) is 0 Å². The molecule has 0 radical (unpaired) electrons. The molecule has 4 unspecified atom stereocenters. The first-order chi connectivity index (χ1) is 13.8. The molecule has 0 saturated heterocycles. The van der Waals surface area contributed by atoms with Crippen molar-refractivity contribution >= 4 is 17.3 Å². The first-order valence-electron chi connectivity index (χ1n) is 11.8. The minimum Gasteiger partial charge on any atom is -0.330 e. The van der Waals surface area contributed by atoms with E-state index in [1.165, 1.54) is 5.57 Å². The molecule has 0 heterocycles. The molecule has 3 fully saturated rings. The van der Waals surface area contributed by atoms with Crippen molar-refractivity contribution in [1.29, 1.82) is 0 Å². The maximum absolute atomic E-state index is 12.8. The number of nitrogens with two attached hydrogens (primary N) is 1. The van der Waals surface area contributed by atoms with Gasteiger partial charge in [0.1, 0.15) is 11.6 Å². The third kappa shape index (κ3) is 3.45. The highest BCUT2D eigenvalue weighted by Gasteiger charge is 2.61. The molecule has 0 aliphatic heterocycles. The Labute approximate surface area is 175 Å². The predicted molar refractivity (Wildman–Crippen MR) is 113 cm³/mol. The normalized spacial score (nSPS) is 41.4. The zero-order valence-electron chi connectivity index (χ0n) is 18.2. The summed E-state index contributed by atoms with van der Waals surface area (Å²) in [5.41, 5.74) is 6.84. The van der Waals surface area contributed by atoms with Gasteiger partial charge in [-0.25, -0.2) is 0 Å². The fraction of sp³-hybridized carbons (Fsp3) is 0.800. The zero-order valence-corrected chi connectivity index (χ0v) is 18.2. The molecule has 4 heteroatoms. The molecule has 4 nitrogen and oxygen atoms in total. The lowest BCUT2D eigenvalue weighted by Gasteiger charge is -2.59. The van der Waals surface area contributed by atoms with Crippen LogP contribution in [0.25, 0.3) is 0 Å². The molecule has 4 rings (SSSR count). The molecule has 0 bridgehead atoms. The first-order valence-corrected chi connectivity index (χ1v) is 11.8. The number of carbonyl (C=O) groups excluding carboxylic acids is 3. The summed E-state index contributed by atoms with van der Waals surface area (Å²) in [5.74, 6) is 2.97. The fourth-order valence-corrected chi connectivity index (χ4v) is 7.54. The van der Waals surface area contributed by atoms with Crippen molar-refractivity contribution in [3.8, 4) is 0 Å². The number of hydrogen-bond acceptors (Lipinski definition) is 4. The van der Waals surface area contributed by atoms with E-state index in [0.29, 0.717) is 61.0 Å². The van der Waals surface area contributed by atoms with Gasteiger partial charge in [-0.1, -0.05) is 19.4 Å². The first kappa shape index (κ1) is 21.0. The van der Waals surface area contributed by atoms with Crippen LogP contribution in [0.4, 0.5) is 0 Å². The van der Waals surface area contributed by atoms with Crippen LogP contribution in [0.1, 0.15) is 84.5 Å². The Hall–Kier alpha value is -1.29. The monoisotopic (exact) mass is 399 g/mol. The average molecular weight is 400 g/mol. The smallest absolute Gasteiger partial charge is 0.155 e. The number of carbonyl (C=O) groups is 3. The lowest BCUT2D eigenvalue weighted by Crippen LogP contribution is -2.53. The molecular formula is C25H37NO3. The van der Waals surface area contributed by atoms with Crippen LogP contribution >= 0.6 is 0 Å². The largest absolute Gasteiger partial charge is 0.330 e. The van der Waals surface area contributed by atoms with Crippen molar-refractivity contribution in [1.82, 2.24) is 0 Å². The Morgan fingerprint density at radius 3 is 2.59 bits per heavy atom. The molecule has 0 amide bonds. The molecule has 29 heavy (non-hydrogen) atoms. The van der Waals surface area contributed by atoms with E-state index < -0.39 is 0 Å². The lowest BCUT2D eigenvalue weighted by atomic mass is 9.44. The van der Waals surface area contributed by atoms with Gasteiger partial charge in [0.25, 0.3) is 0 Å². The van der Waals surface area contributed by atoms with Gasteiger partial charge in [-0.2, -0.15) is 0 Å². The van der Waals surface area contributed by atoms with Gasteiger partial charge in [0.15, 0.2) is 5.78 Å². The van der Waals surface area contributed by atoms with Crippen molar-refractivity contribution in [2.45, 2.75) is 84.5 Å². The summed E-state index contributed by atoms with van der Waals surface area (Å²) in [7, 11) is 0. The van der Waals surface area contributed by atoms with Crippen molar-refractivity contribution in [3.05, 3.63) is 11.6 Å². The minimum absolute atomic E-state index is 0.103. The topological polar surface area (TPSA) is 77.2 Å². The molecule has 3 saturated carbocycles. The molecular weight excluding hydrogens is 362 g/mol. The van der Waals surface area contributed by atoms with Crippen molar-refractivity contribution in [2.24, 2.45) is 40.2 Å². The zero-order chi connectivity index (χ0) is 20.8. The van der Waals surface area contributed by atoms with E-state index in [0.717, 1.165) is 51.4 Å². The molecule has 4 aliphatic carbocycles. The number of hydrogen-bond donors (Lipinski definition) is 1. The van der Waals surface area contributed by atoms with Crippen LogP contribution in [-0.2, 0) is 14.4 Å². The molecule has 160 valence electrons. The number of allylic oxidation sites excluding steroid dienone is 1. The summed E-state index contributed by atoms with van der Waals surface area (Å²) >= 11 is 0. The Morgan fingerprint density at radius 1 is 1.07 bits per heavy atom. The van der Waals surface area contributed by atoms with Crippen LogP contribution in [0.5, 0.6) is 0 Å². The van der Waals surface area contributed by atoms with E-state index in [9.17, 15) is 14.4 Å². The molecule has 6 atom stereocenters. The third-order valence-corrected chi connectivity index (χ3v) is 9.30. The summed E-state index contributed by atoms with van der Waals surface area (Å²) in [6.45, 7) is 5.16. The summed E-state index contributed by atoms with van der Waals surface area (Å²) in [6, 6.07) is 0. The van der Waals surface area contributed by atoms with E-state index in [2.05, 4.69) is 13.8 Å². The second kappa shape index (κ2) is 7.76. The van der Waals surface area contributed by atoms with Gasteiger partial charge in [-0.15, -0.1) is 0 Å². The van der Waals surface area contributed by atoms with Crippen molar-refractivity contribution < 1.29 is 14.4 Å². The van der Waals surface area contributed by atoms with Gasteiger partial charge < -0.3 is 5.73 Å². The second-order valence-electron chi connectivity index (χ2n) is 10.7. The van der Waals surface area contributed by atoms with Crippen LogP contribution in [0.15, 0.2) is 11.6 Å². The maximum atomic E-state index is 12.8.